The molecule has 96 valence electrons. The van der Waals surface area contributed by atoms with Gasteiger partial charge >= 0.3 is 19.8 Å². The third-order valence-electron chi connectivity index (χ3n) is 2.38. The fourth-order valence-corrected chi connectivity index (χ4v) is 1.48. The fourth-order valence-electron chi connectivity index (χ4n) is 1.48. The molecule has 6 heteroatoms. The zero-order valence-corrected chi connectivity index (χ0v) is 12.8. The van der Waals surface area contributed by atoms with Gasteiger partial charge in [-0.25, -0.2) is 0 Å². The Kier molecular flexibility index (Phi) is 8.49. The molecule has 0 unspecified atom stereocenters. The molecule has 0 aromatic carbocycles. The van der Waals surface area contributed by atoms with E-state index in [-0.39, 0.29) is 19.8 Å². The standard InChI is InChI=1S/C12H14N4.CN.Os/c13-7-9-1-3-15-11(5-9)12-6-10(8-14)2-4-16-12;1-2;/h1-6H,7-8,13-14H2;;/q;-1;+4. The van der Waals surface area contributed by atoms with Crippen LogP contribution < -0.4 is 11.5 Å². The van der Waals surface area contributed by atoms with Crippen LogP contribution in [-0.2, 0) is 32.9 Å². The van der Waals surface area contributed by atoms with Crippen molar-refractivity contribution in [1.82, 2.24) is 9.97 Å². The first kappa shape index (κ1) is 17.3. The maximum absolute atomic E-state index is 6.25. The smallest absolute Gasteiger partial charge is 0.512 e. The number of nitrogens with two attached hydrogens (primary N) is 2. The number of rotatable bonds is 3. The van der Waals surface area contributed by atoms with Crippen LogP contribution in [0.3, 0.4) is 0 Å². The van der Waals surface area contributed by atoms with Crippen molar-refractivity contribution in [3.8, 4) is 11.4 Å². The summed E-state index contributed by atoms with van der Waals surface area (Å²) in [7, 11) is 0. The summed E-state index contributed by atoms with van der Waals surface area (Å²) in [6.45, 7) is 5.76. The number of hydrogen-bond donors (Lipinski definition) is 2. The third-order valence-corrected chi connectivity index (χ3v) is 2.38. The monoisotopic (exact) mass is 432 g/mol. The van der Waals surface area contributed by atoms with Crippen molar-refractivity contribution in [2.75, 3.05) is 0 Å². The maximum Gasteiger partial charge on any atom is 4.00 e. The van der Waals surface area contributed by atoms with E-state index in [9.17, 15) is 0 Å². The van der Waals surface area contributed by atoms with Crippen LogP contribution >= 0.6 is 0 Å². The van der Waals surface area contributed by atoms with Gasteiger partial charge in [-0.15, -0.1) is 0 Å². The second-order valence-corrected chi connectivity index (χ2v) is 3.51. The predicted octanol–water partition coefficient (Wildman–Crippen LogP) is 1.15. The number of pyridine rings is 2. The normalized spacial score (nSPS) is 8.84. The Balaban J connectivity index is 0.00000103. The minimum atomic E-state index is 0. The molecule has 0 bridgehead atoms. The minimum Gasteiger partial charge on any atom is -0.512 e. The average Bonchev–Trinajstić information content (AvgIpc) is 2.49. The van der Waals surface area contributed by atoms with Crippen molar-refractivity contribution >= 4 is 0 Å². The summed E-state index contributed by atoms with van der Waals surface area (Å²) in [5.41, 5.74) is 14.9. The van der Waals surface area contributed by atoms with E-state index >= 15 is 0 Å². The molecule has 2 heterocycles. The maximum atomic E-state index is 6.25. The van der Waals surface area contributed by atoms with Crippen molar-refractivity contribution in [2.45, 2.75) is 13.1 Å². The van der Waals surface area contributed by atoms with Gasteiger partial charge in [0.15, 0.2) is 0 Å². The average molecular weight is 431 g/mol. The first-order valence-corrected chi connectivity index (χ1v) is 5.36. The molecule has 0 aliphatic carbocycles. The van der Waals surface area contributed by atoms with Gasteiger partial charge in [0.25, 0.3) is 0 Å². The van der Waals surface area contributed by atoms with Crippen molar-refractivity contribution < 1.29 is 19.8 Å². The molecule has 0 spiro atoms. The van der Waals surface area contributed by atoms with E-state index in [1.54, 1.807) is 12.4 Å². The molecule has 4 N–H and O–H groups in total. The Morgan fingerprint density at radius 1 is 0.895 bits per heavy atom. The Morgan fingerprint density at radius 2 is 1.26 bits per heavy atom. The molecule has 2 aromatic heterocycles. The van der Waals surface area contributed by atoms with E-state index in [4.69, 9.17) is 23.3 Å². The molecular formula is C13H14N5Os+3. The Labute approximate surface area is 125 Å². The molecule has 0 aliphatic rings. The van der Waals surface area contributed by atoms with Crippen LogP contribution in [0.4, 0.5) is 0 Å². The molecule has 19 heavy (non-hydrogen) atoms. The summed E-state index contributed by atoms with van der Waals surface area (Å²) in [6, 6.07) is 7.69. The Bertz CT molecular complexity index is 482. The summed E-state index contributed by atoms with van der Waals surface area (Å²) >= 11 is 0. The third kappa shape index (κ3) is 4.85. The van der Waals surface area contributed by atoms with Gasteiger partial charge < -0.3 is 23.3 Å². The van der Waals surface area contributed by atoms with E-state index < -0.39 is 0 Å². The van der Waals surface area contributed by atoms with E-state index in [1.807, 2.05) is 24.3 Å². The number of aromatic nitrogens is 2. The van der Waals surface area contributed by atoms with E-state index in [2.05, 4.69) is 9.97 Å². The Hall–Kier alpha value is -1.65. The van der Waals surface area contributed by atoms with Gasteiger partial charge in [0, 0.05) is 25.5 Å². The SMILES string of the molecule is NCc1ccnc(-c2cc(CN)ccn2)c1.[C-]#N.[Os+4]. The molecule has 0 amide bonds. The molecule has 2 aromatic rings. The van der Waals surface area contributed by atoms with Crippen LogP contribution in [0, 0.1) is 11.8 Å². The topological polar surface area (TPSA) is 102 Å². The molecular weight excluding hydrogens is 416 g/mol. The molecule has 0 saturated heterocycles. The zero-order valence-electron chi connectivity index (χ0n) is 10.2. The summed E-state index contributed by atoms with van der Waals surface area (Å²) < 4.78 is 0. The number of hydrogen-bond acceptors (Lipinski definition) is 5. The fraction of sp³-hybridized carbons (Fsp3) is 0.154. The van der Waals surface area contributed by atoms with Crippen molar-refractivity contribution in [3.05, 3.63) is 54.4 Å². The summed E-state index contributed by atoms with van der Waals surface area (Å²) in [5, 5.41) is 6.25. The zero-order chi connectivity index (χ0) is 13.4. The van der Waals surface area contributed by atoms with Crippen LogP contribution in [0.5, 0.6) is 0 Å². The van der Waals surface area contributed by atoms with Crippen molar-refractivity contribution in [3.63, 3.8) is 0 Å². The summed E-state index contributed by atoms with van der Waals surface area (Å²) in [5.74, 6) is 0. The van der Waals surface area contributed by atoms with Crippen LogP contribution in [0.1, 0.15) is 11.1 Å². The van der Waals surface area contributed by atoms with Gasteiger partial charge in [0.2, 0.25) is 0 Å². The van der Waals surface area contributed by atoms with Gasteiger partial charge in [-0.1, -0.05) is 0 Å². The second kappa shape index (κ2) is 9.30. The van der Waals surface area contributed by atoms with Gasteiger partial charge in [-0.3, -0.25) is 9.97 Å². The van der Waals surface area contributed by atoms with E-state index in [0.29, 0.717) is 13.1 Å². The number of nitrogens with zero attached hydrogens (tertiary/aromatic N) is 3. The van der Waals surface area contributed by atoms with Gasteiger partial charge in [-0.05, 0) is 35.4 Å². The molecule has 0 atom stereocenters. The first-order chi connectivity index (χ1) is 8.83. The molecule has 0 saturated carbocycles. The molecule has 0 fully saturated rings. The van der Waals surface area contributed by atoms with Crippen molar-refractivity contribution in [2.24, 2.45) is 11.5 Å². The molecule has 0 radical (unpaired) electrons. The van der Waals surface area contributed by atoms with Crippen LogP contribution in [0.2, 0.25) is 0 Å². The van der Waals surface area contributed by atoms with E-state index in [1.165, 1.54) is 0 Å². The predicted molar refractivity (Wildman–Crippen MR) is 68.2 cm³/mol. The van der Waals surface area contributed by atoms with Crippen molar-refractivity contribution in [1.29, 1.82) is 5.26 Å². The van der Waals surface area contributed by atoms with Crippen LogP contribution in [-0.4, -0.2) is 9.97 Å². The Morgan fingerprint density at radius 3 is 1.58 bits per heavy atom. The largest absolute Gasteiger partial charge is 4.00 e. The quantitative estimate of drug-likeness (QED) is 0.712. The summed E-state index contributed by atoms with van der Waals surface area (Å²) in [4.78, 5) is 8.55. The van der Waals surface area contributed by atoms with Gasteiger partial charge in [-0.2, -0.15) is 0 Å². The van der Waals surface area contributed by atoms with Crippen LogP contribution in [0.25, 0.3) is 11.4 Å². The molecule has 0 aliphatic heterocycles. The minimum absolute atomic E-state index is 0. The molecule has 2 rings (SSSR count). The van der Waals surface area contributed by atoms with Crippen LogP contribution in [0.15, 0.2) is 36.7 Å². The molecule has 5 nitrogen and oxygen atoms in total. The first-order valence-electron chi connectivity index (χ1n) is 5.36. The van der Waals surface area contributed by atoms with E-state index in [0.717, 1.165) is 22.5 Å². The van der Waals surface area contributed by atoms with Gasteiger partial charge in [0.05, 0.1) is 11.4 Å². The second-order valence-electron chi connectivity index (χ2n) is 3.51. The summed E-state index contributed by atoms with van der Waals surface area (Å²) in [6.07, 6.45) is 3.49. The van der Waals surface area contributed by atoms with Gasteiger partial charge in [0.1, 0.15) is 0 Å².